The van der Waals surface area contributed by atoms with E-state index in [0.717, 1.165) is 28.0 Å². The quantitative estimate of drug-likeness (QED) is 0.552. The second-order valence-electron chi connectivity index (χ2n) is 3.36. The molecule has 0 bridgehead atoms. The van der Waals surface area contributed by atoms with E-state index in [9.17, 15) is 0 Å². The van der Waals surface area contributed by atoms with Crippen molar-refractivity contribution in [2.45, 2.75) is 0 Å². The zero-order valence-corrected chi connectivity index (χ0v) is 9.81. The molecule has 0 N–H and O–H groups in total. The third kappa shape index (κ3) is 1.33. The third-order valence-electron chi connectivity index (χ3n) is 2.47. The molecule has 16 heavy (non-hydrogen) atoms. The molecular weight excluding hydrogens is 236 g/mol. The van der Waals surface area contributed by atoms with E-state index >= 15 is 0 Å². The van der Waals surface area contributed by atoms with Crippen molar-refractivity contribution in [3.8, 4) is 6.07 Å². The lowest BCUT2D eigenvalue weighted by Crippen LogP contribution is -1.85. The fraction of sp³-hybridized carbons (Fsp3) is 0. The summed E-state index contributed by atoms with van der Waals surface area (Å²) >= 11 is 3.24. The summed E-state index contributed by atoms with van der Waals surface area (Å²) in [4.78, 5) is 4.43. The normalized spacial score (nSPS) is 15.3. The van der Waals surface area contributed by atoms with Gasteiger partial charge in [0.2, 0.25) is 0 Å². The number of nitriles is 1. The monoisotopic (exact) mass is 242 g/mol. The van der Waals surface area contributed by atoms with E-state index in [0.29, 0.717) is 0 Å². The standard InChI is InChI=1S/C12H6N2S2/c13-2-1-9-10-5-15-4-8(10)3-14-12-7-16-6-11(9)12/h1,3-7H/b9-1-. The third-order valence-corrected chi connectivity index (χ3v) is 3.96. The van der Waals surface area contributed by atoms with E-state index in [1.807, 2.05) is 17.0 Å². The molecule has 2 aromatic heterocycles. The summed E-state index contributed by atoms with van der Waals surface area (Å²) in [7, 11) is 0. The molecule has 2 nitrogen and oxygen atoms in total. The van der Waals surface area contributed by atoms with Crippen molar-refractivity contribution in [2.24, 2.45) is 4.99 Å². The minimum absolute atomic E-state index is 0.952. The molecule has 0 atom stereocenters. The predicted molar refractivity (Wildman–Crippen MR) is 68.6 cm³/mol. The minimum Gasteiger partial charge on any atom is -0.255 e. The summed E-state index contributed by atoms with van der Waals surface area (Å²) in [6.45, 7) is 0. The molecule has 0 radical (unpaired) electrons. The second kappa shape index (κ2) is 3.71. The number of hydrogen-bond acceptors (Lipinski definition) is 4. The molecule has 1 aliphatic rings. The smallest absolute Gasteiger partial charge is 0.0918 e. The van der Waals surface area contributed by atoms with Crippen molar-refractivity contribution < 1.29 is 0 Å². The maximum absolute atomic E-state index is 8.88. The first-order chi connectivity index (χ1) is 7.90. The van der Waals surface area contributed by atoms with Gasteiger partial charge in [-0.05, 0) is 5.38 Å². The lowest BCUT2D eigenvalue weighted by Gasteiger charge is -2.01. The van der Waals surface area contributed by atoms with Crippen molar-refractivity contribution >= 4 is 40.1 Å². The summed E-state index contributed by atoms with van der Waals surface area (Å²) in [6.07, 6.45) is 3.47. The topological polar surface area (TPSA) is 36.1 Å². The van der Waals surface area contributed by atoms with Gasteiger partial charge in [-0.15, -0.1) is 11.3 Å². The van der Waals surface area contributed by atoms with Gasteiger partial charge < -0.3 is 0 Å². The van der Waals surface area contributed by atoms with Gasteiger partial charge in [-0.1, -0.05) is 0 Å². The van der Waals surface area contributed by atoms with E-state index in [-0.39, 0.29) is 0 Å². The van der Waals surface area contributed by atoms with Crippen molar-refractivity contribution in [1.82, 2.24) is 0 Å². The number of aliphatic imine (C=N–C) groups is 1. The Bertz CT molecular complexity index is 592. The second-order valence-corrected chi connectivity index (χ2v) is 4.84. The molecule has 0 amide bonds. The highest BCUT2D eigenvalue weighted by atomic mass is 32.1. The van der Waals surface area contributed by atoms with Crippen LogP contribution in [0.25, 0.3) is 5.57 Å². The molecule has 4 heteroatoms. The van der Waals surface area contributed by atoms with Gasteiger partial charge in [0, 0.05) is 50.7 Å². The summed E-state index contributed by atoms with van der Waals surface area (Å²) in [5.74, 6) is 0. The van der Waals surface area contributed by atoms with Gasteiger partial charge in [-0.25, -0.2) is 0 Å². The Balaban J connectivity index is 2.33. The van der Waals surface area contributed by atoms with Crippen LogP contribution in [-0.4, -0.2) is 6.21 Å². The Morgan fingerprint density at radius 2 is 1.94 bits per heavy atom. The highest BCUT2D eigenvalue weighted by Crippen LogP contribution is 2.38. The Morgan fingerprint density at radius 1 is 1.12 bits per heavy atom. The Labute approximate surface area is 101 Å². The molecule has 0 saturated heterocycles. The van der Waals surface area contributed by atoms with Gasteiger partial charge in [0.1, 0.15) is 0 Å². The molecule has 0 spiro atoms. The van der Waals surface area contributed by atoms with E-state index in [1.165, 1.54) is 0 Å². The fourth-order valence-corrected chi connectivity index (χ4v) is 3.29. The molecular formula is C12H6N2S2. The van der Waals surface area contributed by atoms with Gasteiger partial charge in [-0.3, -0.25) is 4.99 Å². The summed E-state index contributed by atoms with van der Waals surface area (Å²) in [5, 5.41) is 17.0. The fourth-order valence-electron chi connectivity index (χ4n) is 1.72. The first-order valence-electron chi connectivity index (χ1n) is 4.67. The SMILES string of the molecule is N#C/C=C1/c2cscc2C=Nc2cscc21. The molecule has 0 aliphatic carbocycles. The van der Waals surface area contributed by atoms with Crippen LogP contribution in [0.4, 0.5) is 5.69 Å². The minimum atomic E-state index is 0.952. The van der Waals surface area contributed by atoms with Crippen molar-refractivity contribution in [3.63, 3.8) is 0 Å². The molecule has 1 aliphatic heterocycles. The molecule has 76 valence electrons. The van der Waals surface area contributed by atoms with Gasteiger partial charge in [-0.2, -0.15) is 16.6 Å². The predicted octanol–water partition coefficient (Wildman–Crippen LogP) is 3.83. The number of rotatable bonds is 0. The Morgan fingerprint density at radius 3 is 2.81 bits per heavy atom. The number of nitrogens with zero attached hydrogens (tertiary/aromatic N) is 2. The number of allylic oxidation sites excluding steroid dienone is 1. The van der Waals surface area contributed by atoms with Gasteiger partial charge >= 0.3 is 0 Å². The van der Waals surface area contributed by atoms with Gasteiger partial charge in [0.15, 0.2) is 0 Å². The molecule has 2 aromatic rings. The van der Waals surface area contributed by atoms with Crippen molar-refractivity contribution in [2.75, 3.05) is 0 Å². The average molecular weight is 242 g/mol. The molecule has 0 unspecified atom stereocenters. The molecule has 3 heterocycles. The van der Waals surface area contributed by atoms with Crippen LogP contribution in [0.3, 0.4) is 0 Å². The van der Waals surface area contributed by atoms with Crippen LogP contribution >= 0.6 is 22.7 Å². The first kappa shape index (κ1) is 9.52. The first-order valence-corrected chi connectivity index (χ1v) is 6.55. The summed E-state index contributed by atoms with van der Waals surface area (Å²) in [5.41, 5.74) is 5.18. The largest absolute Gasteiger partial charge is 0.255 e. The van der Waals surface area contributed by atoms with E-state index in [4.69, 9.17) is 5.26 Å². The number of thiophene rings is 2. The van der Waals surface area contributed by atoms with E-state index < -0.39 is 0 Å². The van der Waals surface area contributed by atoms with Crippen LogP contribution in [0.2, 0.25) is 0 Å². The lowest BCUT2D eigenvalue weighted by molar-refractivity contribution is 1.53. The molecule has 3 rings (SSSR count). The molecule has 0 saturated carbocycles. The van der Waals surface area contributed by atoms with Crippen LogP contribution in [0, 0.1) is 11.3 Å². The van der Waals surface area contributed by atoms with Crippen LogP contribution in [0.5, 0.6) is 0 Å². The average Bonchev–Trinajstić information content (AvgIpc) is 2.91. The van der Waals surface area contributed by atoms with E-state index in [1.54, 1.807) is 28.7 Å². The zero-order chi connectivity index (χ0) is 11.0. The van der Waals surface area contributed by atoms with Gasteiger partial charge in [0.05, 0.1) is 11.8 Å². The van der Waals surface area contributed by atoms with Crippen molar-refractivity contribution in [3.05, 3.63) is 44.3 Å². The summed E-state index contributed by atoms with van der Waals surface area (Å²) < 4.78 is 0. The highest BCUT2D eigenvalue weighted by Gasteiger charge is 2.17. The zero-order valence-electron chi connectivity index (χ0n) is 8.18. The van der Waals surface area contributed by atoms with Crippen LogP contribution in [0.15, 0.2) is 32.6 Å². The lowest BCUT2D eigenvalue weighted by atomic mass is 10.00. The van der Waals surface area contributed by atoms with Gasteiger partial charge in [0.25, 0.3) is 0 Å². The van der Waals surface area contributed by atoms with Crippen LogP contribution < -0.4 is 0 Å². The summed E-state index contributed by atoms with van der Waals surface area (Å²) in [6, 6.07) is 2.12. The maximum Gasteiger partial charge on any atom is 0.0918 e. The number of hydrogen-bond donors (Lipinski definition) is 0. The van der Waals surface area contributed by atoms with Crippen LogP contribution in [0.1, 0.15) is 16.7 Å². The van der Waals surface area contributed by atoms with Crippen molar-refractivity contribution in [1.29, 1.82) is 5.26 Å². The Kier molecular flexibility index (Phi) is 2.21. The highest BCUT2D eigenvalue weighted by molar-refractivity contribution is 7.09. The maximum atomic E-state index is 8.88. The Hall–Kier alpha value is -1.70. The molecule has 0 fully saturated rings. The van der Waals surface area contributed by atoms with Crippen LogP contribution in [-0.2, 0) is 0 Å². The number of fused-ring (bicyclic) bond motifs is 2. The molecule has 0 aromatic carbocycles. The van der Waals surface area contributed by atoms with E-state index in [2.05, 4.69) is 21.8 Å².